The Morgan fingerprint density at radius 2 is 2.22 bits per heavy atom. The second-order valence-corrected chi connectivity index (χ2v) is 7.57. The van der Waals surface area contributed by atoms with Crippen molar-refractivity contribution < 1.29 is 14.6 Å². The second kappa shape index (κ2) is 7.43. The van der Waals surface area contributed by atoms with Gasteiger partial charge in [-0.3, -0.25) is 4.90 Å². The average Bonchev–Trinajstić information content (AvgIpc) is 3.29. The van der Waals surface area contributed by atoms with Crippen molar-refractivity contribution in [2.75, 3.05) is 18.4 Å². The highest BCUT2D eigenvalue weighted by atomic mass is 32.1. The highest BCUT2D eigenvalue weighted by Gasteiger charge is 2.29. The highest BCUT2D eigenvalue weighted by Crippen LogP contribution is 2.31. The lowest BCUT2D eigenvalue weighted by Crippen LogP contribution is -2.28. The predicted molar refractivity (Wildman–Crippen MR) is 101 cm³/mol. The summed E-state index contributed by atoms with van der Waals surface area (Å²) >= 11 is 1.47. The summed E-state index contributed by atoms with van der Waals surface area (Å²) in [6.07, 6.45) is 0.700. The molecule has 3 atom stereocenters. The average molecular weight is 389 g/mol. The van der Waals surface area contributed by atoms with Gasteiger partial charge in [0.25, 0.3) is 0 Å². The number of halogens is 1. The van der Waals surface area contributed by atoms with Gasteiger partial charge in [0.05, 0.1) is 22.4 Å². The molecule has 3 aromatic heterocycles. The number of β-amino-alcohol motifs (C(OH)–C–C–N with tert-alkyl or cyclic N) is 1. The molecule has 1 aliphatic rings. The second-order valence-electron chi connectivity index (χ2n) is 6.66. The van der Waals surface area contributed by atoms with Gasteiger partial charge in [-0.2, -0.15) is 4.39 Å². The van der Waals surface area contributed by atoms with Crippen molar-refractivity contribution in [3.05, 3.63) is 47.0 Å². The van der Waals surface area contributed by atoms with Crippen molar-refractivity contribution in [2.45, 2.75) is 31.7 Å². The Bertz CT molecular complexity index is 952. The molecule has 0 radical (unpaired) electrons. The van der Waals surface area contributed by atoms with Crippen LogP contribution >= 0.6 is 11.3 Å². The zero-order chi connectivity index (χ0) is 19.0. The fraction of sp³-hybridized carbons (Fsp3) is 0.389. The summed E-state index contributed by atoms with van der Waals surface area (Å²) in [4.78, 5) is 14.4. The van der Waals surface area contributed by atoms with Gasteiger partial charge in [-0.25, -0.2) is 15.0 Å². The number of nitrogens with one attached hydrogen (secondary N) is 1. The summed E-state index contributed by atoms with van der Waals surface area (Å²) in [5.41, 5.74) is 1.97. The quantitative estimate of drug-likeness (QED) is 0.577. The van der Waals surface area contributed by atoms with E-state index in [0.29, 0.717) is 31.2 Å². The van der Waals surface area contributed by atoms with Gasteiger partial charge in [-0.1, -0.05) is 0 Å². The molecule has 4 heterocycles. The van der Waals surface area contributed by atoms with Gasteiger partial charge >= 0.3 is 0 Å². The van der Waals surface area contributed by atoms with Gasteiger partial charge < -0.3 is 15.5 Å². The topological polar surface area (TPSA) is 94.4 Å². The first-order valence-electron chi connectivity index (χ1n) is 8.74. The van der Waals surface area contributed by atoms with E-state index < -0.39 is 18.3 Å². The van der Waals surface area contributed by atoms with Crippen LogP contribution in [-0.4, -0.2) is 49.3 Å². The largest absolute Gasteiger partial charge is 0.392 e. The smallest absolute Gasteiger partial charge is 0.224 e. The molecule has 3 unspecified atom stereocenters. The number of aliphatic hydroxyl groups excluding tert-OH is 2. The van der Waals surface area contributed by atoms with E-state index in [9.17, 15) is 14.6 Å². The predicted octanol–water partition coefficient (Wildman–Crippen LogP) is 2.46. The number of aliphatic hydroxyl groups is 2. The maximum absolute atomic E-state index is 13.4. The van der Waals surface area contributed by atoms with Crippen LogP contribution in [0.4, 0.5) is 10.3 Å². The number of fused-ring (bicyclic) bond motifs is 1. The third-order valence-electron chi connectivity index (χ3n) is 4.71. The summed E-state index contributed by atoms with van der Waals surface area (Å²) in [6.45, 7) is 2.89. The molecule has 0 saturated carbocycles. The SMILES string of the molecule is CC(Nc1nc(C(O)N2CCC(O)C2)c2sccc2n1)c1ccnc(F)c1. The number of pyridine rings is 1. The molecule has 1 saturated heterocycles. The van der Waals surface area contributed by atoms with Crippen LogP contribution < -0.4 is 5.32 Å². The molecular formula is C18H20FN5O2S. The maximum Gasteiger partial charge on any atom is 0.224 e. The number of nitrogens with zero attached hydrogens (tertiary/aromatic N) is 4. The molecule has 4 rings (SSSR count). The third kappa shape index (κ3) is 3.77. The van der Waals surface area contributed by atoms with Gasteiger partial charge in [-0.05, 0) is 42.5 Å². The van der Waals surface area contributed by atoms with Gasteiger partial charge in [0, 0.05) is 19.3 Å². The van der Waals surface area contributed by atoms with Crippen LogP contribution in [0.2, 0.25) is 0 Å². The van der Waals surface area contributed by atoms with Crippen molar-refractivity contribution in [1.29, 1.82) is 0 Å². The van der Waals surface area contributed by atoms with E-state index >= 15 is 0 Å². The molecule has 1 aliphatic heterocycles. The summed E-state index contributed by atoms with van der Waals surface area (Å²) in [7, 11) is 0. The Hall–Kier alpha value is -2.20. The highest BCUT2D eigenvalue weighted by molar-refractivity contribution is 7.17. The molecule has 7 nitrogen and oxygen atoms in total. The molecule has 0 spiro atoms. The van der Waals surface area contributed by atoms with Gasteiger partial charge in [0.15, 0.2) is 6.23 Å². The lowest BCUT2D eigenvalue weighted by molar-refractivity contribution is 0.00845. The van der Waals surface area contributed by atoms with E-state index in [1.54, 1.807) is 11.0 Å². The minimum Gasteiger partial charge on any atom is -0.392 e. The van der Waals surface area contributed by atoms with Crippen LogP contribution in [0.5, 0.6) is 0 Å². The Labute approximate surface area is 159 Å². The molecule has 0 aliphatic carbocycles. The lowest BCUT2D eigenvalue weighted by Gasteiger charge is -2.23. The lowest BCUT2D eigenvalue weighted by atomic mass is 10.1. The third-order valence-corrected chi connectivity index (χ3v) is 5.64. The van der Waals surface area contributed by atoms with Crippen LogP contribution in [0, 0.1) is 5.95 Å². The normalized spacial score (nSPS) is 20.1. The summed E-state index contributed by atoms with van der Waals surface area (Å²) in [5.74, 6) is -0.182. The van der Waals surface area contributed by atoms with E-state index in [0.717, 1.165) is 15.8 Å². The van der Waals surface area contributed by atoms with Gasteiger partial charge in [-0.15, -0.1) is 11.3 Å². The minimum absolute atomic E-state index is 0.239. The Morgan fingerprint density at radius 1 is 1.37 bits per heavy atom. The van der Waals surface area contributed by atoms with E-state index in [4.69, 9.17) is 0 Å². The molecule has 0 amide bonds. The number of rotatable bonds is 5. The summed E-state index contributed by atoms with van der Waals surface area (Å²) < 4.78 is 14.2. The molecule has 1 fully saturated rings. The van der Waals surface area contributed by atoms with Gasteiger partial charge in [0.2, 0.25) is 11.9 Å². The zero-order valence-corrected chi connectivity index (χ0v) is 15.5. The summed E-state index contributed by atoms with van der Waals surface area (Å²) in [6, 6.07) is 4.73. The molecule has 27 heavy (non-hydrogen) atoms. The van der Waals surface area contributed by atoms with Crippen molar-refractivity contribution >= 4 is 27.5 Å². The van der Waals surface area contributed by atoms with Gasteiger partial charge in [0.1, 0.15) is 5.69 Å². The molecule has 3 aromatic rings. The number of hydrogen-bond acceptors (Lipinski definition) is 8. The molecule has 0 bridgehead atoms. The van der Waals surface area contributed by atoms with Crippen molar-refractivity contribution in [3.63, 3.8) is 0 Å². The van der Waals surface area contributed by atoms with Crippen LogP contribution in [0.1, 0.15) is 36.9 Å². The first kappa shape index (κ1) is 18.2. The van der Waals surface area contributed by atoms with Crippen molar-refractivity contribution in [2.24, 2.45) is 0 Å². The summed E-state index contributed by atoms with van der Waals surface area (Å²) in [5, 5.41) is 25.6. The fourth-order valence-corrected chi connectivity index (χ4v) is 4.09. The monoisotopic (exact) mass is 389 g/mol. The molecule has 142 valence electrons. The Kier molecular flexibility index (Phi) is 5.00. The number of likely N-dealkylation sites (tertiary alicyclic amines) is 1. The van der Waals surface area contributed by atoms with E-state index in [2.05, 4.69) is 20.3 Å². The van der Waals surface area contributed by atoms with E-state index in [-0.39, 0.29) is 6.04 Å². The Balaban J connectivity index is 1.64. The van der Waals surface area contributed by atoms with Crippen molar-refractivity contribution in [1.82, 2.24) is 19.9 Å². The number of hydrogen-bond donors (Lipinski definition) is 3. The Morgan fingerprint density at radius 3 is 2.96 bits per heavy atom. The maximum atomic E-state index is 13.4. The van der Waals surface area contributed by atoms with Crippen LogP contribution in [0.3, 0.4) is 0 Å². The minimum atomic E-state index is -0.916. The molecule has 3 N–H and O–H groups in total. The van der Waals surface area contributed by atoms with E-state index in [1.807, 2.05) is 18.4 Å². The first-order valence-corrected chi connectivity index (χ1v) is 9.62. The van der Waals surface area contributed by atoms with Crippen molar-refractivity contribution in [3.8, 4) is 0 Å². The standard InChI is InChI=1S/C18H20FN5O2S/c1-10(11-2-5-20-14(19)8-11)21-18-22-13-4-7-27-16(13)15(23-18)17(26)24-6-3-12(25)9-24/h2,4-5,7-8,10,12,17,25-26H,3,6,9H2,1H3,(H,21,22,23). The molecule has 9 heteroatoms. The number of thiophene rings is 1. The van der Waals surface area contributed by atoms with E-state index in [1.165, 1.54) is 23.6 Å². The molecular weight excluding hydrogens is 369 g/mol. The zero-order valence-electron chi connectivity index (χ0n) is 14.7. The van der Waals surface area contributed by atoms with Crippen LogP contribution in [0.15, 0.2) is 29.8 Å². The molecule has 0 aromatic carbocycles. The number of aromatic nitrogens is 3. The number of anilines is 1. The first-order chi connectivity index (χ1) is 13.0. The van der Waals surface area contributed by atoms with Crippen LogP contribution in [0.25, 0.3) is 10.2 Å². The fourth-order valence-electron chi connectivity index (χ4n) is 3.25. The van der Waals surface area contributed by atoms with Crippen LogP contribution in [-0.2, 0) is 0 Å².